The molecule has 26 heavy (non-hydrogen) atoms. The molecule has 1 aromatic heterocycles. The number of carbonyl (C=O) groups is 2. The van der Waals surface area contributed by atoms with Crippen LogP contribution >= 0.6 is 23.5 Å². The molecule has 0 saturated carbocycles. The van der Waals surface area contributed by atoms with Crippen molar-refractivity contribution >= 4 is 35.7 Å². The van der Waals surface area contributed by atoms with Crippen LogP contribution in [0.25, 0.3) is 0 Å². The van der Waals surface area contributed by atoms with Gasteiger partial charge in [0.2, 0.25) is 5.91 Å². The van der Waals surface area contributed by atoms with Gasteiger partial charge in [-0.15, -0.1) is 23.5 Å². The Kier molecular flexibility index (Phi) is 8.85. The molecule has 1 heterocycles. The van der Waals surface area contributed by atoms with Crippen LogP contribution < -0.4 is 11.1 Å². The van der Waals surface area contributed by atoms with E-state index < -0.39 is 0 Å². The minimum absolute atomic E-state index is 0.0256. The van der Waals surface area contributed by atoms with Gasteiger partial charge in [0.05, 0.1) is 6.33 Å². The van der Waals surface area contributed by atoms with Gasteiger partial charge in [-0.3, -0.25) is 4.79 Å². The van der Waals surface area contributed by atoms with Gasteiger partial charge in [-0.2, -0.15) is 0 Å². The van der Waals surface area contributed by atoms with E-state index in [0.717, 1.165) is 28.3 Å². The number of aldehydes is 1. The largest absolute Gasteiger partial charge is 0.398 e. The molecule has 0 fully saturated rings. The number of nitrogens with two attached hydrogens (primary N) is 1. The summed E-state index contributed by atoms with van der Waals surface area (Å²) in [6, 6.07) is 0. The SMILES string of the molecule is N/C(=C\SCSCC=O)C1=CCC(NC(=O)CCc2cnc[nH]2)=CC=C1. The number of allylic oxidation sites excluding steroid dienone is 4. The Labute approximate surface area is 161 Å². The van der Waals surface area contributed by atoms with Crippen molar-refractivity contribution in [2.45, 2.75) is 19.3 Å². The highest BCUT2D eigenvalue weighted by Crippen LogP contribution is 2.19. The third kappa shape index (κ3) is 7.37. The Balaban J connectivity index is 1.78. The second kappa shape index (κ2) is 11.4. The summed E-state index contributed by atoms with van der Waals surface area (Å²) in [4.78, 5) is 29.3. The van der Waals surface area contributed by atoms with Crippen molar-refractivity contribution in [1.29, 1.82) is 0 Å². The average molecular weight is 391 g/mol. The molecule has 0 bridgehead atoms. The number of aromatic amines is 1. The molecular formula is C18H22N4O2S2. The van der Waals surface area contributed by atoms with Crippen molar-refractivity contribution in [2.75, 3.05) is 10.8 Å². The Hall–Kier alpha value is -2.19. The fourth-order valence-corrected chi connectivity index (χ4v) is 3.63. The normalized spacial score (nSPS) is 14.4. The summed E-state index contributed by atoms with van der Waals surface area (Å²) in [6.45, 7) is 0. The Morgan fingerprint density at radius 2 is 2.35 bits per heavy atom. The molecule has 138 valence electrons. The second-order valence-corrected chi connectivity index (χ2v) is 7.69. The van der Waals surface area contributed by atoms with Gasteiger partial charge in [0.1, 0.15) is 6.29 Å². The number of aryl methyl sites for hydroxylation is 1. The lowest BCUT2D eigenvalue weighted by Gasteiger charge is -2.07. The Morgan fingerprint density at radius 1 is 1.46 bits per heavy atom. The van der Waals surface area contributed by atoms with Crippen LogP contribution in [0.3, 0.4) is 0 Å². The lowest BCUT2D eigenvalue weighted by atomic mass is 10.1. The van der Waals surface area contributed by atoms with Crippen molar-refractivity contribution in [3.8, 4) is 0 Å². The van der Waals surface area contributed by atoms with Crippen molar-refractivity contribution in [3.05, 3.63) is 64.9 Å². The number of hydrogen-bond acceptors (Lipinski definition) is 6. The van der Waals surface area contributed by atoms with E-state index in [9.17, 15) is 9.59 Å². The zero-order valence-corrected chi connectivity index (χ0v) is 15.9. The van der Waals surface area contributed by atoms with Crippen molar-refractivity contribution in [1.82, 2.24) is 15.3 Å². The molecule has 0 aromatic carbocycles. The van der Waals surface area contributed by atoms with Gasteiger partial charge in [0, 0.05) is 47.0 Å². The van der Waals surface area contributed by atoms with E-state index in [1.54, 1.807) is 36.0 Å². The standard InChI is InChI=1S/C18H22N4O2S2/c19-17(11-26-13-25-9-8-23)14-2-1-3-15(5-4-14)22-18(24)7-6-16-10-20-12-21-16/h1-4,8,10-12H,5-7,9,13,19H2,(H,20,21)(H,22,24)/b17-11-. The number of aromatic nitrogens is 2. The fraction of sp³-hybridized carbons (Fsp3) is 0.278. The molecule has 0 saturated heterocycles. The van der Waals surface area contributed by atoms with E-state index in [1.165, 1.54) is 0 Å². The van der Waals surface area contributed by atoms with Gasteiger partial charge in [-0.05, 0) is 23.5 Å². The molecule has 0 aliphatic heterocycles. The van der Waals surface area contributed by atoms with E-state index in [2.05, 4.69) is 15.3 Å². The first-order valence-electron chi connectivity index (χ1n) is 8.12. The molecule has 0 radical (unpaired) electrons. The van der Waals surface area contributed by atoms with Gasteiger partial charge in [-0.25, -0.2) is 4.98 Å². The van der Waals surface area contributed by atoms with Crippen LogP contribution in [-0.2, 0) is 16.0 Å². The molecule has 1 aliphatic rings. The molecule has 0 spiro atoms. The highest BCUT2D eigenvalue weighted by Gasteiger charge is 2.07. The fourth-order valence-electron chi connectivity index (χ4n) is 2.18. The topological polar surface area (TPSA) is 101 Å². The summed E-state index contributed by atoms with van der Waals surface area (Å²) in [5, 5.41) is 5.61. The molecule has 1 aromatic rings. The molecule has 0 unspecified atom stereocenters. The van der Waals surface area contributed by atoms with Crippen molar-refractivity contribution in [2.24, 2.45) is 5.73 Å². The van der Waals surface area contributed by atoms with Crippen LogP contribution in [-0.4, -0.2) is 33.0 Å². The maximum atomic E-state index is 12.1. The zero-order valence-electron chi connectivity index (χ0n) is 14.3. The number of carbonyl (C=O) groups excluding carboxylic acids is 2. The summed E-state index contributed by atoms with van der Waals surface area (Å²) < 4.78 is 0. The third-order valence-electron chi connectivity index (χ3n) is 3.47. The lowest BCUT2D eigenvalue weighted by Crippen LogP contribution is -2.22. The number of rotatable bonds is 10. The van der Waals surface area contributed by atoms with E-state index in [-0.39, 0.29) is 5.91 Å². The number of amides is 1. The first-order chi connectivity index (χ1) is 12.7. The molecule has 4 N–H and O–H groups in total. The quantitative estimate of drug-likeness (QED) is 0.323. The van der Waals surface area contributed by atoms with Crippen LogP contribution in [0.1, 0.15) is 18.5 Å². The van der Waals surface area contributed by atoms with Crippen LogP contribution in [0.5, 0.6) is 0 Å². The monoisotopic (exact) mass is 390 g/mol. The predicted octanol–water partition coefficient (Wildman–Crippen LogP) is 2.65. The maximum absolute atomic E-state index is 12.1. The zero-order chi connectivity index (χ0) is 18.6. The minimum Gasteiger partial charge on any atom is -0.398 e. The summed E-state index contributed by atoms with van der Waals surface area (Å²) >= 11 is 3.12. The summed E-state index contributed by atoms with van der Waals surface area (Å²) in [5.74, 6) is 0.471. The van der Waals surface area contributed by atoms with Gasteiger partial charge in [0.15, 0.2) is 0 Å². The second-order valence-electron chi connectivity index (χ2n) is 5.43. The van der Waals surface area contributed by atoms with Gasteiger partial charge >= 0.3 is 0 Å². The molecule has 8 heteroatoms. The van der Waals surface area contributed by atoms with E-state index in [1.807, 2.05) is 29.7 Å². The van der Waals surface area contributed by atoms with Gasteiger partial charge in [0.25, 0.3) is 0 Å². The third-order valence-corrected chi connectivity index (χ3v) is 5.48. The van der Waals surface area contributed by atoms with Crippen LogP contribution in [0.15, 0.2) is 59.2 Å². The molecule has 1 amide bonds. The molecular weight excluding hydrogens is 368 g/mol. The number of nitrogens with one attached hydrogen (secondary N) is 2. The van der Waals surface area contributed by atoms with E-state index in [0.29, 0.717) is 30.7 Å². The lowest BCUT2D eigenvalue weighted by molar-refractivity contribution is -0.120. The Bertz CT molecular complexity index is 722. The van der Waals surface area contributed by atoms with E-state index >= 15 is 0 Å². The maximum Gasteiger partial charge on any atom is 0.224 e. The number of hydrogen-bond donors (Lipinski definition) is 3. The highest BCUT2D eigenvalue weighted by atomic mass is 32.2. The smallest absolute Gasteiger partial charge is 0.224 e. The average Bonchev–Trinajstić information content (AvgIpc) is 3.05. The van der Waals surface area contributed by atoms with Crippen LogP contribution in [0.2, 0.25) is 0 Å². The molecule has 6 nitrogen and oxygen atoms in total. The number of nitrogens with zero attached hydrogens (tertiary/aromatic N) is 1. The number of imidazole rings is 1. The first kappa shape index (κ1) is 20.1. The molecule has 2 rings (SSSR count). The van der Waals surface area contributed by atoms with Crippen LogP contribution in [0, 0.1) is 0 Å². The summed E-state index contributed by atoms with van der Waals surface area (Å²) in [5.41, 5.74) is 9.49. The Morgan fingerprint density at radius 3 is 3.12 bits per heavy atom. The predicted molar refractivity (Wildman–Crippen MR) is 108 cm³/mol. The number of H-pyrrole nitrogens is 1. The van der Waals surface area contributed by atoms with Crippen molar-refractivity contribution < 1.29 is 9.59 Å². The van der Waals surface area contributed by atoms with Gasteiger partial charge in [-0.1, -0.05) is 18.2 Å². The van der Waals surface area contributed by atoms with Gasteiger partial charge < -0.3 is 20.8 Å². The molecule has 1 aliphatic carbocycles. The van der Waals surface area contributed by atoms with Crippen molar-refractivity contribution in [3.63, 3.8) is 0 Å². The minimum atomic E-state index is -0.0256. The van der Waals surface area contributed by atoms with E-state index in [4.69, 9.17) is 5.73 Å². The highest BCUT2D eigenvalue weighted by molar-refractivity contribution is 8.17. The number of thioether (sulfide) groups is 2. The first-order valence-corrected chi connectivity index (χ1v) is 10.3. The van der Waals surface area contributed by atoms with Crippen LogP contribution in [0.4, 0.5) is 0 Å². The summed E-state index contributed by atoms with van der Waals surface area (Å²) in [7, 11) is 0. The molecule has 0 atom stereocenters. The summed E-state index contributed by atoms with van der Waals surface area (Å²) in [6.07, 6.45) is 13.6.